The molecule has 1 heterocycles. The molecule has 24 heavy (non-hydrogen) atoms. The number of ketones is 1. The number of amides is 1. The number of carbonyl (C=O) groups is 2. The second-order valence-corrected chi connectivity index (χ2v) is 5.36. The van der Waals surface area contributed by atoms with Gasteiger partial charge in [-0.15, -0.1) is 0 Å². The summed E-state index contributed by atoms with van der Waals surface area (Å²) in [5.41, 5.74) is 2.23. The first-order chi connectivity index (χ1) is 11.7. The van der Waals surface area contributed by atoms with Crippen molar-refractivity contribution in [2.45, 2.75) is 12.8 Å². The summed E-state index contributed by atoms with van der Waals surface area (Å²) in [6.07, 6.45) is 5.57. The van der Waals surface area contributed by atoms with Crippen molar-refractivity contribution in [3.05, 3.63) is 78.9 Å². The molecule has 0 bridgehead atoms. The lowest BCUT2D eigenvalue weighted by Gasteiger charge is -2.08. The van der Waals surface area contributed by atoms with Gasteiger partial charge in [0.2, 0.25) is 5.91 Å². The van der Waals surface area contributed by atoms with E-state index >= 15 is 0 Å². The molecule has 0 aliphatic rings. The maximum atomic E-state index is 12.1. The summed E-state index contributed by atoms with van der Waals surface area (Å²) in [5, 5.41) is 2.83. The summed E-state index contributed by atoms with van der Waals surface area (Å²) >= 11 is 0. The van der Waals surface area contributed by atoms with Gasteiger partial charge in [0.25, 0.3) is 0 Å². The summed E-state index contributed by atoms with van der Waals surface area (Å²) in [4.78, 5) is 28.1. The molecule has 5 heteroatoms. The number of anilines is 1. The van der Waals surface area contributed by atoms with Crippen molar-refractivity contribution in [3.8, 4) is 5.69 Å². The van der Waals surface area contributed by atoms with E-state index < -0.39 is 0 Å². The Labute approximate surface area is 140 Å². The highest BCUT2D eigenvalue weighted by atomic mass is 16.2. The van der Waals surface area contributed by atoms with Gasteiger partial charge < -0.3 is 9.88 Å². The van der Waals surface area contributed by atoms with Gasteiger partial charge in [0.05, 0.1) is 6.33 Å². The molecule has 3 aromatic rings. The molecular weight excluding hydrogens is 302 g/mol. The minimum absolute atomic E-state index is 0.0297. The zero-order valence-electron chi connectivity index (χ0n) is 13.1. The number of Topliss-reactive ketones (excluding diaryl/α,β-unsaturated/α-hetero) is 1. The van der Waals surface area contributed by atoms with Crippen LogP contribution in [0.4, 0.5) is 5.69 Å². The Morgan fingerprint density at radius 3 is 2.58 bits per heavy atom. The lowest BCUT2D eigenvalue weighted by molar-refractivity contribution is -0.116. The lowest BCUT2D eigenvalue weighted by atomic mass is 10.1. The molecule has 3 rings (SSSR count). The fourth-order valence-electron chi connectivity index (χ4n) is 2.38. The molecule has 0 saturated carbocycles. The molecule has 120 valence electrons. The molecule has 0 fully saturated rings. The number of hydrogen-bond acceptors (Lipinski definition) is 3. The third-order valence-corrected chi connectivity index (χ3v) is 3.61. The van der Waals surface area contributed by atoms with E-state index in [9.17, 15) is 9.59 Å². The highest BCUT2D eigenvalue weighted by molar-refractivity contribution is 6.00. The van der Waals surface area contributed by atoms with E-state index in [0.29, 0.717) is 11.3 Å². The van der Waals surface area contributed by atoms with Crippen LogP contribution < -0.4 is 5.32 Å². The summed E-state index contributed by atoms with van der Waals surface area (Å²) in [7, 11) is 0. The number of imidazole rings is 1. The molecule has 1 amide bonds. The zero-order chi connectivity index (χ0) is 16.8. The maximum Gasteiger partial charge on any atom is 0.224 e. The number of hydrogen-bond donors (Lipinski definition) is 1. The minimum atomic E-state index is -0.179. The quantitative estimate of drug-likeness (QED) is 0.708. The van der Waals surface area contributed by atoms with Crippen molar-refractivity contribution in [2.75, 3.05) is 5.32 Å². The molecule has 0 unspecified atom stereocenters. The van der Waals surface area contributed by atoms with Crippen LogP contribution in [0, 0.1) is 0 Å². The smallest absolute Gasteiger partial charge is 0.224 e. The molecule has 0 saturated heterocycles. The number of rotatable bonds is 6. The van der Waals surface area contributed by atoms with Crippen molar-refractivity contribution in [3.63, 3.8) is 0 Å². The van der Waals surface area contributed by atoms with E-state index in [1.165, 1.54) is 0 Å². The third kappa shape index (κ3) is 3.95. The van der Waals surface area contributed by atoms with E-state index in [4.69, 9.17) is 0 Å². The van der Waals surface area contributed by atoms with E-state index in [1.54, 1.807) is 24.7 Å². The summed E-state index contributed by atoms with van der Waals surface area (Å²) in [6, 6.07) is 16.5. The standard InChI is InChI=1S/C19H17N3O2/c23-18(15-5-2-1-3-6-15)9-10-19(24)21-16-7-4-8-17(13-16)22-12-11-20-14-22/h1-8,11-14H,9-10H2,(H,21,24). The number of nitrogens with one attached hydrogen (secondary N) is 1. The molecule has 2 aromatic carbocycles. The van der Waals surface area contributed by atoms with Gasteiger partial charge in [-0.25, -0.2) is 4.98 Å². The van der Waals surface area contributed by atoms with Gasteiger partial charge in [-0.05, 0) is 18.2 Å². The van der Waals surface area contributed by atoms with Gasteiger partial charge in [0, 0.05) is 42.2 Å². The molecule has 0 aliphatic carbocycles. The van der Waals surface area contributed by atoms with Crippen LogP contribution in [-0.4, -0.2) is 21.2 Å². The monoisotopic (exact) mass is 319 g/mol. The predicted octanol–water partition coefficient (Wildman–Crippen LogP) is 3.47. The largest absolute Gasteiger partial charge is 0.326 e. The van der Waals surface area contributed by atoms with Crippen molar-refractivity contribution in [1.29, 1.82) is 0 Å². The second-order valence-electron chi connectivity index (χ2n) is 5.36. The van der Waals surface area contributed by atoms with Crippen molar-refractivity contribution < 1.29 is 9.59 Å². The normalized spacial score (nSPS) is 10.3. The Kier molecular flexibility index (Phi) is 4.81. The lowest BCUT2D eigenvalue weighted by Crippen LogP contribution is -2.13. The molecule has 5 nitrogen and oxygen atoms in total. The van der Waals surface area contributed by atoms with Crippen molar-refractivity contribution in [2.24, 2.45) is 0 Å². The number of benzene rings is 2. The predicted molar refractivity (Wildman–Crippen MR) is 92.2 cm³/mol. The molecule has 0 radical (unpaired) electrons. The summed E-state index contributed by atoms with van der Waals surface area (Å²) in [6.45, 7) is 0. The highest BCUT2D eigenvalue weighted by Gasteiger charge is 2.09. The topological polar surface area (TPSA) is 64.0 Å². The fourth-order valence-corrected chi connectivity index (χ4v) is 2.38. The molecule has 1 aromatic heterocycles. The first-order valence-electron chi connectivity index (χ1n) is 7.69. The number of aromatic nitrogens is 2. The van der Waals surface area contributed by atoms with Crippen LogP contribution in [0.2, 0.25) is 0 Å². The van der Waals surface area contributed by atoms with Crippen LogP contribution in [0.15, 0.2) is 73.3 Å². The van der Waals surface area contributed by atoms with Gasteiger partial charge in [0.1, 0.15) is 0 Å². The van der Waals surface area contributed by atoms with E-state index in [2.05, 4.69) is 10.3 Å². The maximum absolute atomic E-state index is 12.1. The Balaban J connectivity index is 1.57. The fraction of sp³-hybridized carbons (Fsp3) is 0.105. The third-order valence-electron chi connectivity index (χ3n) is 3.61. The van der Waals surface area contributed by atoms with Crippen molar-refractivity contribution >= 4 is 17.4 Å². The summed E-state index contributed by atoms with van der Waals surface area (Å²) in [5.74, 6) is -0.208. The van der Waals surface area contributed by atoms with Gasteiger partial charge in [-0.1, -0.05) is 36.4 Å². The second kappa shape index (κ2) is 7.37. The summed E-state index contributed by atoms with van der Waals surface area (Å²) < 4.78 is 1.86. The van der Waals surface area contributed by atoms with Crippen LogP contribution in [0.5, 0.6) is 0 Å². The Bertz CT molecular complexity index is 827. The molecule has 0 aliphatic heterocycles. The molecular formula is C19H17N3O2. The van der Waals surface area contributed by atoms with Crippen LogP contribution in [-0.2, 0) is 4.79 Å². The SMILES string of the molecule is O=C(CCC(=O)c1ccccc1)Nc1cccc(-n2ccnc2)c1. The van der Waals surface area contributed by atoms with Crippen LogP contribution >= 0.6 is 0 Å². The Hall–Kier alpha value is -3.21. The minimum Gasteiger partial charge on any atom is -0.326 e. The first-order valence-corrected chi connectivity index (χ1v) is 7.69. The molecule has 1 N–H and O–H groups in total. The average molecular weight is 319 g/mol. The van der Waals surface area contributed by atoms with Crippen LogP contribution in [0.3, 0.4) is 0 Å². The van der Waals surface area contributed by atoms with Crippen LogP contribution in [0.1, 0.15) is 23.2 Å². The van der Waals surface area contributed by atoms with Gasteiger partial charge in [0.15, 0.2) is 5.78 Å². The highest BCUT2D eigenvalue weighted by Crippen LogP contribution is 2.15. The Morgan fingerprint density at radius 1 is 1.00 bits per heavy atom. The average Bonchev–Trinajstić information content (AvgIpc) is 3.15. The first kappa shape index (κ1) is 15.7. The number of carbonyl (C=O) groups excluding carboxylic acids is 2. The van der Waals surface area contributed by atoms with E-state index in [1.807, 2.05) is 53.2 Å². The van der Waals surface area contributed by atoms with Gasteiger partial charge in [-0.2, -0.15) is 0 Å². The van der Waals surface area contributed by atoms with E-state index in [0.717, 1.165) is 5.69 Å². The Morgan fingerprint density at radius 2 is 1.83 bits per heavy atom. The van der Waals surface area contributed by atoms with Crippen LogP contribution in [0.25, 0.3) is 5.69 Å². The van der Waals surface area contributed by atoms with Crippen molar-refractivity contribution in [1.82, 2.24) is 9.55 Å². The van der Waals surface area contributed by atoms with Gasteiger partial charge in [-0.3, -0.25) is 9.59 Å². The molecule has 0 spiro atoms. The van der Waals surface area contributed by atoms with E-state index in [-0.39, 0.29) is 24.5 Å². The van der Waals surface area contributed by atoms with Gasteiger partial charge >= 0.3 is 0 Å². The molecule has 0 atom stereocenters. The zero-order valence-corrected chi connectivity index (χ0v) is 13.1. The number of nitrogens with zero attached hydrogens (tertiary/aromatic N) is 2.